The van der Waals surface area contributed by atoms with Crippen molar-refractivity contribution < 1.29 is 4.79 Å². The summed E-state index contributed by atoms with van der Waals surface area (Å²) in [6.45, 7) is 0.637. The number of hydrogen-bond acceptors (Lipinski definition) is 1. The van der Waals surface area contributed by atoms with Gasteiger partial charge in [0.15, 0.2) is 0 Å². The molecule has 102 valence electrons. The van der Waals surface area contributed by atoms with Crippen molar-refractivity contribution >= 4 is 29.1 Å². The van der Waals surface area contributed by atoms with Crippen LogP contribution >= 0.6 is 23.2 Å². The second kappa shape index (κ2) is 5.47. The Hall–Kier alpha value is -1.51. The average Bonchev–Trinajstić information content (AvgIpc) is 2.81. The van der Waals surface area contributed by atoms with Crippen molar-refractivity contribution in [3.63, 3.8) is 0 Å². The third-order valence-corrected chi connectivity index (χ3v) is 4.17. The maximum absolute atomic E-state index is 12.2. The average molecular weight is 306 g/mol. The molecule has 0 saturated carbocycles. The van der Waals surface area contributed by atoms with Crippen molar-refractivity contribution in [2.24, 2.45) is 0 Å². The Bertz CT molecular complexity index is 639. The van der Waals surface area contributed by atoms with Crippen molar-refractivity contribution in [2.45, 2.75) is 11.8 Å². The van der Waals surface area contributed by atoms with Crippen molar-refractivity contribution in [3.8, 4) is 0 Å². The van der Waals surface area contributed by atoms with Crippen molar-refractivity contribution in [1.29, 1.82) is 0 Å². The topological polar surface area (TPSA) is 29.1 Å². The minimum atomic E-state index is -0.199. The number of carbonyl (C=O) groups excluding carboxylic acids is 1. The molecule has 1 saturated heterocycles. The largest absolute Gasteiger partial charge is 0.355 e. The van der Waals surface area contributed by atoms with Crippen LogP contribution in [0.5, 0.6) is 0 Å². The highest BCUT2D eigenvalue weighted by molar-refractivity contribution is 6.30. The van der Waals surface area contributed by atoms with E-state index in [0.29, 0.717) is 16.6 Å². The van der Waals surface area contributed by atoms with Gasteiger partial charge in [0.05, 0.1) is 5.92 Å². The van der Waals surface area contributed by atoms with E-state index in [1.165, 1.54) is 0 Å². The number of benzene rings is 2. The van der Waals surface area contributed by atoms with Gasteiger partial charge in [0, 0.05) is 22.5 Å². The lowest BCUT2D eigenvalue weighted by atomic mass is 9.84. The third kappa shape index (κ3) is 2.54. The Kier molecular flexibility index (Phi) is 3.68. The monoisotopic (exact) mass is 305 g/mol. The van der Waals surface area contributed by atoms with Gasteiger partial charge in [-0.1, -0.05) is 47.5 Å². The van der Waals surface area contributed by atoms with Gasteiger partial charge in [-0.3, -0.25) is 4.79 Å². The van der Waals surface area contributed by atoms with E-state index in [4.69, 9.17) is 23.2 Å². The van der Waals surface area contributed by atoms with Gasteiger partial charge in [-0.2, -0.15) is 0 Å². The van der Waals surface area contributed by atoms with Crippen LogP contribution in [0.25, 0.3) is 0 Å². The molecule has 0 unspecified atom stereocenters. The SMILES string of the molecule is O=C1NC[C@@H](c2ccc(Cl)cc2)[C@@H]1c1cccc(Cl)c1. The molecular formula is C16H13Cl2NO. The van der Waals surface area contributed by atoms with Gasteiger partial charge >= 0.3 is 0 Å². The summed E-state index contributed by atoms with van der Waals surface area (Å²) in [5.41, 5.74) is 2.06. The van der Waals surface area contributed by atoms with Crippen molar-refractivity contribution in [2.75, 3.05) is 6.54 Å². The standard InChI is InChI=1S/C16H13Cl2NO/c17-12-6-4-10(5-7-12)14-9-19-16(20)15(14)11-2-1-3-13(18)8-11/h1-8,14-15H,9H2,(H,19,20)/t14-,15-/m0/s1. The first-order valence-electron chi connectivity index (χ1n) is 6.44. The summed E-state index contributed by atoms with van der Waals surface area (Å²) in [5.74, 6) is -0.0414. The fourth-order valence-corrected chi connectivity index (χ4v) is 3.05. The van der Waals surface area contributed by atoms with Crippen LogP contribution < -0.4 is 5.32 Å². The molecule has 2 atom stereocenters. The van der Waals surface area contributed by atoms with Crippen LogP contribution in [0.15, 0.2) is 48.5 Å². The van der Waals surface area contributed by atoms with Crippen LogP contribution in [0.1, 0.15) is 23.0 Å². The molecule has 1 heterocycles. The summed E-state index contributed by atoms with van der Waals surface area (Å²) in [4.78, 5) is 12.2. The van der Waals surface area contributed by atoms with Crippen LogP contribution in [-0.4, -0.2) is 12.5 Å². The zero-order valence-electron chi connectivity index (χ0n) is 10.6. The molecule has 2 nitrogen and oxygen atoms in total. The number of carbonyl (C=O) groups is 1. The Morgan fingerprint density at radius 1 is 0.950 bits per heavy atom. The normalized spacial score (nSPS) is 21.8. The fraction of sp³-hybridized carbons (Fsp3) is 0.188. The van der Waals surface area contributed by atoms with Gasteiger partial charge in [-0.15, -0.1) is 0 Å². The Morgan fingerprint density at radius 3 is 2.40 bits per heavy atom. The van der Waals surface area contributed by atoms with Gasteiger partial charge in [0.25, 0.3) is 0 Å². The minimum absolute atomic E-state index is 0.0483. The molecule has 0 radical (unpaired) electrons. The van der Waals surface area contributed by atoms with E-state index in [1.54, 1.807) is 0 Å². The third-order valence-electron chi connectivity index (χ3n) is 3.69. The van der Waals surface area contributed by atoms with Crippen molar-refractivity contribution in [1.82, 2.24) is 5.32 Å². The lowest BCUT2D eigenvalue weighted by Crippen LogP contribution is -2.18. The predicted octanol–water partition coefficient (Wildman–Crippen LogP) is 3.99. The molecule has 2 aromatic carbocycles. The molecular weight excluding hydrogens is 293 g/mol. The van der Waals surface area contributed by atoms with E-state index in [-0.39, 0.29) is 17.7 Å². The van der Waals surface area contributed by atoms with E-state index in [0.717, 1.165) is 11.1 Å². The van der Waals surface area contributed by atoms with Gasteiger partial charge in [-0.25, -0.2) is 0 Å². The number of halogens is 2. The molecule has 1 aliphatic heterocycles. The number of amides is 1. The Balaban J connectivity index is 1.98. The summed E-state index contributed by atoms with van der Waals surface area (Å²) in [6.07, 6.45) is 0. The maximum Gasteiger partial charge on any atom is 0.228 e. The number of hydrogen-bond donors (Lipinski definition) is 1. The van der Waals surface area contributed by atoms with Gasteiger partial charge in [0.1, 0.15) is 0 Å². The Labute approximate surface area is 127 Å². The van der Waals surface area contributed by atoms with E-state index in [2.05, 4.69) is 5.32 Å². The van der Waals surface area contributed by atoms with Crippen LogP contribution in [0.2, 0.25) is 10.0 Å². The second-order valence-corrected chi connectivity index (χ2v) is 5.81. The Morgan fingerprint density at radius 2 is 1.70 bits per heavy atom. The highest BCUT2D eigenvalue weighted by Crippen LogP contribution is 2.37. The van der Waals surface area contributed by atoms with Crippen LogP contribution in [0.4, 0.5) is 0 Å². The molecule has 2 aromatic rings. The molecule has 1 fully saturated rings. The molecule has 20 heavy (non-hydrogen) atoms. The molecule has 0 aromatic heterocycles. The van der Waals surface area contributed by atoms with Crippen LogP contribution in [-0.2, 0) is 4.79 Å². The molecule has 4 heteroatoms. The number of rotatable bonds is 2. The van der Waals surface area contributed by atoms with E-state index < -0.39 is 0 Å². The first kappa shape index (κ1) is 13.5. The molecule has 3 rings (SSSR count). The van der Waals surface area contributed by atoms with Crippen LogP contribution in [0.3, 0.4) is 0 Å². The highest BCUT2D eigenvalue weighted by atomic mass is 35.5. The maximum atomic E-state index is 12.2. The lowest BCUT2D eigenvalue weighted by Gasteiger charge is -2.18. The summed E-state index contributed by atoms with van der Waals surface area (Å²) in [7, 11) is 0. The molecule has 0 aliphatic carbocycles. The summed E-state index contributed by atoms with van der Waals surface area (Å²) in [5, 5.41) is 4.29. The second-order valence-electron chi connectivity index (χ2n) is 4.94. The molecule has 0 spiro atoms. The zero-order chi connectivity index (χ0) is 14.1. The lowest BCUT2D eigenvalue weighted by molar-refractivity contribution is -0.120. The number of nitrogens with one attached hydrogen (secondary N) is 1. The summed E-state index contributed by atoms with van der Waals surface area (Å²) < 4.78 is 0. The quantitative estimate of drug-likeness (QED) is 0.893. The van der Waals surface area contributed by atoms with Crippen LogP contribution in [0, 0.1) is 0 Å². The van der Waals surface area contributed by atoms with E-state index >= 15 is 0 Å². The summed E-state index contributed by atoms with van der Waals surface area (Å²) in [6, 6.07) is 15.2. The van der Waals surface area contributed by atoms with Crippen molar-refractivity contribution in [3.05, 3.63) is 69.7 Å². The van der Waals surface area contributed by atoms with E-state index in [1.807, 2.05) is 48.5 Å². The first-order valence-corrected chi connectivity index (χ1v) is 7.19. The predicted molar refractivity (Wildman–Crippen MR) is 81.4 cm³/mol. The molecule has 1 amide bonds. The molecule has 0 bridgehead atoms. The first-order chi connectivity index (χ1) is 9.65. The fourth-order valence-electron chi connectivity index (χ4n) is 2.73. The summed E-state index contributed by atoms with van der Waals surface area (Å²) >= 11 is 12.0. The van der Waals surface area contributed by atoms with E-state index in [9.17, 15) is 4.79 Å². The molecule has 1 N–H and O–H groups in total. The highest BCUT2D eigenvalue weighted by Gasteiger charge is 2.36. The zero-order valence-corrected chi connectivity index (χ0v) is 12.2. The van der Waals surface area contributed by atoms with Gasteiger partial charge < -0.3 is 5.32 Å². The van der Waals surface area contributed by atoms with Gasteiger partial charge in [-0.05, 0) is 35.4 Å². The molecule has 1 aliphatic rings. The minimum Gasteiger partial charge on any atom is -0.355 e. The van der Waals surface area contributed by atoms with Gasteiger partial charge in [0.2, 0.25) is 5.91 Å². The smallest absolute Gasteiger partial charge is 0.228 e.